The third-order valence-electron chi connectivity index (χ3n) is 4.59. The van der Waals surface area contributed by atoms with Crippen molar-refractivity contribution in [2.24, 2.45) is 0 Å². The normalized spacial score (nSPS) is 15.1. The van der Waals surface area contributed by atoms with E-state index in [9.17, 15) is 23.3 Å². The number of para-hydroxylation sites is 2. The number of carbonyl (C=O) groups excluding carboxylic acids is 1. The van der Waals surface area contributed by atoms with Crippen molar-refractivity contribution in [1.82, 2.24) is 9.21 Å². The molecule has 1 heterocycles. The lowest BCUT2D eigenvalue weighted by molar-refractivity contribution is -0.385. The van der Waals surface area contributed by atoms with Crippen molar-refractivity contribution in [3.63, 3.8) is 0 Å². The molecule has 1 saturated heterocycles. The number of hydrogen-bond donors (Lipinski definition) is 0. The predicted molar refractivity (Wildman–Crippen MR) is 106 cm³/mol. The Labute approximate surface area is 168 Å². The highest BCUT2D eigenvalue weighted by Crippen LogP contribution is 2.25. The molecule has 154 valence electrons. The van der Waals surface area contributed by atoms with E-state index in [1.54, 1.807) is 30.3 Å². The molecule has 1 fully saturated rings. The fraction of sp³-hybridized carbons (Fsp3) is 0.316. The molecule has 0 bridgehead atoms. The van der Waals surface area contributed by atoms with E-state index in [2.05, 4.69) is 0 Å². The van der Waals surface area contributed by atoms with Gasteiger partial charge in [0.1, 0.15) is 0 Å². The van der Waals surface area contributed by atoms with Crippen molar-refractivity contribution in [1.29, 1.82) is 0 Å². The molecule has 0 N–H and O–H groups in total. The lowest BCUT2D eigenvalue weighted by Gasteiger charge is -2.34. The van der Waals surface area contributed by atoms with Gasteiger partial charge in [-0.2, -0.15) is 4.31 Å². The van der Waals surface area contributed by atoms with Gasteiger partial charge in [0.15, 0.2) is 12.4 Å². The van der Waals surface area contributed by atoms with E-state index in [-0.39, 0.29) is 55.9 Å². The Balaban J connectivity index is 1.53. The average Bonchev–Trinajstić information content (AvgIpc) is 2.72. The van der Waals surface area contributed by atoms with Crippen LogP contribution in [0.15, 0.2) is 54.6 Å². The third kappa shape index (κ3) is 5.30. The quantitative estimate of drug-likeness (QED) is 0.498. The van der Waals surface area contributed by atoms with Gasteiger partial charge in [0.05, 0.1) is 10.7 Å². The lowest BCUT2D eigenvalue weighted by Crippen LogP contribution is -2.51. The highest BCUT2D eigenvalue weighted by molar-refractivity contribution is 7.88. The lowest BCUT2D eigenvalue weighted by atomic mass is 10.2. The number of nitro groups is 1. The molecule has 0 aliphatic carbocycles. The summed E-state index contributed by atoms with van der Waals surface area (Å²) in [7, 11) is -3.47. The SMILES string of the molecule is O=C(COc1ccccc1[N+](=O)[O-])N1CCN(S(=O)(=O)Cc2ccccc2)CC1. The Morgan fingerprint density at radius 3 is 2.28 bits per heavy atom. The van der Waals surface area contributed by atoms with E-state index in [1.807, 2.05) is 6.07 Å². The third-order valence-corrected chi connectivity index (χ3v) is 6.44. The Hall–Kier alpha value is -2.98. The topological polar surface area (TPSA) is 110 Å². The maximum absolute atomic E-state index is 12.6. The molecular weight excluding hydrogens is 398 g/mol. The molecule has 1 amide bonds. The first-order chi connectivity index (χ1) is 13.9. The zero-order valence-electron chi connectivity index (χ0n) is 15.6. The molecule has 9 nitrogen and oxygen atoms in total. The van der Waals surface area contributed by atoms with Crippen LogP contribution in [-0.2, 0) is 20.6 Å². The van der Waals surface area contributed by atoms with Crippen molar-refractivity contribution in [2.45, 2.75) is 5.75 Å². The van der Waals surface area contributed by atoms with Gasteiger partial charge in [-0.15, -0.1) is 0 Å². The molecule has 0 aromatic heterocycles. The van der Waals surface area contributed by atoms with Gasteiger partial charge >= 0.3 is 5.69 Å². The summed E-state index contributed by atoms with van der Waals surface area (Å²) in [6, 6.07) is 14.8. The summed E-state index contributed by atoms with van der Waals surface area (Å²) in [5.74, 6) is -0.402. The number of benzene rings is 2. The van der Waals surface area contributed by atoms with Gasteiger partial charge in [0.25, 0.3) is 5.91 Å². The number of amides is 1. The minimum atomic E-state index is -3.47. The standard InChI is InChI=1S/C19H21N3O6S/c23-19(14-28-18-9-5-4-8-17(18)22(24)25)20-10-12-21(13-11-20)29(26,27)15-16-6-2-1-3-7-16/h1-9H,10-15H2. The molecular formula is C19H21N3O6S. The summed E-state index contributed by atoms with van der Waals surface area (Å²) in [5, 5.41) is 11.0. The summed E-state index contributed by atoms with van der Waals surface area (Å²) in [6.07, 6.45) is 0. The molecule has 10 heteroatoms. The van der Waals surface area contributed by atoms with E-state index < -0.39 is 14.9 Å². The largest absolute Gasteiger partial charge is 0.477 e. The second kappa shape index (κ2) is 9.01. The van der Waals surface area contributed by atoms with E-state index in [1.165, 1.54) is 27.4 Å². The molecule has 2 aromatic carbocycles. The second-order valence-corrected chi connectivity index (χ2v) is 8.50. The van der Waals surface area contributed by atoms with E-state index in [4.69, 9.17) is 4.74 Å². The molecule has 0 spiro atoms. The minimum Gasteiger partial charge on any atom is -0.477 e. The van der Waals surface area contributed by atoms with Crippen LogP contribution in [-0.4, -0.2) is 61.2 Å². The Morgan fingerprint density at radius 2 is 1.62 bits per heavy atom. The second-order valence-electron chi connectivity index (χ2n) is 6.54. The number of sulfonamides is 1. The van der Waals surface area contributed by atoms with Crippen molar-refractivity contribution < 1.29 is 22.9 Å². The van der Waals surface area contributed by atoms with Crippen LogP contribution in [0.5, 0.6) is 5.75 Å². The fourth-order valence-electron chi connectivity index (χ4n) is 3.05. The van der Waals surface area contributed by atoms with Crippen LogP contribution in [0.2, 0.25) is 0 Å². The number of piperazine rings is 1. The molecule has 0 saturated carbocycles. The van der Waals surface area contributed by atoms with Gasteiger partial charge in [-0.25, -0.2) is 8.42 Å². The molecule has 0 radical (unpaired) electrons. The molecule has 0 unspecified atom stereocenters. The fourth-order valence-corrected chi connectivity index (χ4v) is 4.57. The highest BCUT2D eigenvalue weighted by Gasteiger charge is 2.29. The summed E-state index contributed by atoms with van der Waals surface area (Å²) < 4.78 is 31.9. The first-order valence-corrected chi connectivity index (χ1v) is 10.6. The maximum atomic E-state index is 12.6. The molecule has 29 heavy (non-hydrogen) atoms. The summed E-state index contributed by atoms with van der Waals surface area (Å²) >= 11 is 0. The van der Waals surface area contributed by atoms with Gasteiger partial charge < -0.3 is 9.64 Å². The van der Waals surface area contributed by atoms with Crippen LogP contribution in [0, 0.1) is 10.1 Å². The van der Waals surface area contributed by atoms with E-state index >= 15 is 0 Å². The molecule has 1 aliphatic heterocycles. The average molecular weight is 419 g/mol. The van der Waals surface area contributed by atoms with Crippen LogP contribution in [0.25, 0.3) is 0 Å². The molecule has 0 atom stereocenters. The van der Waals surface area contributed by atoms with Crippen LogP contribution < -0.4 is 4.74 Å². The van der Waals surface area contributed by atoms with Crippen LogP contribution in [0.3, 0.4) is 0 Å². The predicted octanol–water partition coefficient (Wildman–Crippen LogP) is 1.65. The van der Waals surface area contributed by atoms with Crippen molar-refractivity contribution in [3.8, 4) is 5.75 Å². The highest BCUT2D eigenvalue weighted by atomic mass is 32.2. The van der Waals surface area contributed by atoms with Crippen LogP contribution in [0.4, 0.5) is 5.69 Å². The number of rotatable bonds is 7. The Kier molecular flexibility index (Phi) is 6.45. The summed E-state index contributed by atoms with van der Waals surface area (Å²) in [5.41, 5.74) is 0.501. The van der Waals surface area contributed by atoms with Gasteiger partial charge in [0, 0.05) is 32.2 Å². The Bertz CT molecular complexity index is 972. The van der Waals surface area contributed by atoms with Crippen molar-refractivity contribution >= 4 is 21.6 Å². The number of nitro benzene ring substituents is 1. The van der Waals surface area contributed by atoms with Crippen molar-refractivity contribution in [3.05, 3.63) is 70.3 Å². The molecule has 1 aliphatic rings. The zero-order chi connectivity index (χ0) is 20.9. The maximum Gasteiger partial charge on any atom is 0.310 e. The van der Waals surface area contributed by atoms with Crippen molar-refractivity contribution in [2.75, 3.05) is 32.8 Å². The zero-order valence-corrected chi connectivity index (χ0v) is 16.5. The van der Waals surface area contributed by atoms with E-state index in [0.29, 0.717) is 5.56 Å². The first kappa shape index (κ1) is 20.7. The van der Waals surface area contributed by atoms with Gasteiger partial charge in [-0.05, 0) is 11.6 Å². The monoisotopic (exact) mass is 419 g/mol. The number of carbonyl (C=O) groups is 1. The van der Waals surface area contributed by atoms with Crippen LogP contribution >= 0.6 is 0 Å². The number of nitrogens with zero attached hydrogens (tertiary/aromatic N) is 3. The molecule has 2 aromatic rings. The molecule has 3 rings (SSSR count). The smallest absolute Gasteiger partial charge is 0.310 e. The number of hydrogen-bond acceptors (Lipinski definition) is 6. The summed E-state index contributed by atoms with van der Waals surface area (Å²) in [4.78, 5) is 24.3. The van der Waals surface area contributed by atoms with Gasteiger partial charge in [-0.1, -0.05) is 42.5 Å². The Morgan fingerprint density at radius 1 is 1.00 bits per heavy atom. The van der Waals surface area contributed by atoms with Gasteiger partial charge in [0.2, 0.25) is 10.0 Å². The summed E-state index contributed by atoms with van der Waals surface area (Å²) in [6.45, 7) is 0.542. The minimum absolute atomic E-state index is 0.0231. The van der Waals surface area contributed by atoms with Gasteiger partial charge in [-0.3, -0.25) is 14.9 Å². The first-order valence-electron chi connectivity index (χ1n) is 9.02. The van der Waals surface area contributed by atoms with Crippen LogP contribution in [0.1, 0.15) is 5.56 Å². The van der Waals surface area contributed by atoms with E-state index in [0.717, 1.165) is 0 Å². The number of ether oxygens (including phenoxy) is 1.